The van der Waals surface area contributed by atoms with Gasteiger partial charge in [0.2, 0.25) is 0 Å². The van der Waals surface area contributed by atoms with E-state index < -0.39 is 5.60 Å². The average molecular weight is 387 g/mol. The Hall–Kier alpha value is -3.27. The Morgan fingerprint density at radius 1 is 1.00 bits per heavy atom. The molecule has 1 amide bonds. The van der Waals surface area contributed by atoms with E-state index in [1.807, 2.05) is 75.4 Å². The van der Waals surface area contributed by atoms with Crippen molar-refractivity contribution < 1.29 is 14.3 Å². The first-order valence-electron chi connectivity index (χ1n) is 9.82. The third kappa shape index (κ3) is 4.11. The van der Waals surface area contributed by atoms with Gasteiger partial charge in [0, 0.05) is 23.6 Å². The zero-order valence-corrected chi connectivity index (χ0v) is 17.0. The average Bonchev–Trinajstić information content (AvgIpc) is 2.71. The van der Waals surface area contributed by atoms with Gasteiger partial charge in [-0.3, -0.25) is 4.90 Å². The molecule has 0 aromatic heterocycles. The molecule has 1 heterocycles. The van der Waals surface area contributed by atoms with E-state index in [-0.39, 0.29) is 6.09 Å². The van der Waals surface area contributed by atoms with E-state index in [2.05, 4.69) is 18.2 Å². The van der Waals surface area contributed by atoms with E-state index in [1.54, 1.807) is 4.90 Å². The summed E-state index contributed by atoms with van der Waals surface area (Å²) in [5, 5.41) is 2.08. The summed E-state index contributed by atoms with van der Waals surface area (Å²) in [6.07, 6.45) is 3.70. The fourth-order valence-electron chi connectivity index (χ4n) is 3.47. The highest BCUT2D eigenvalue weighted by Crippen LogP contribution is 2.39. The molecule has 4 nitrogen and oxygen atoms in total. The maximum absolute atomic E-state index is 12.8. The molecule has 0 unspecified atom stereocenters. The van der Waals surface area contributed by atoms with E-state index in [0.29, 0.717) is 13.2 Å². The summed E-state index contributed by atoms with van der Waals surface area (Å²) in [7, 11) is 0. The van der Waals surface area contributed by atoms with Crippen LogP contribution in [0.4, 0.5) is 10.5 Å². The molecule has 0 bridgehead atoms. The van der Waals surface area contributed by atoms with Crippen molar-refractivity contribution in [3.05, 3.63) is 77.9 Å². The molecule has 0 saturated heterocycles. The minimum Gasteiger partial charge on any atom is -0.488 e. The van der Waals surface area contributed by atoms with Crippen LogP contribution in [-0.4, -0.2) is 18.2 Å². The van der Waals surface area contributed by atoms with Gasteiger partial charge >= 0.3 is 6.09 Å². The van der Waals surface area contributed by atoms with Gasteiger partial charge in [0.25, 0.3) is 0 Å². The highest BCUT2D eigenvalue weighted by Gasteiger charge is 2.27. The first-order valence-corrected chi connectivity index (χ1v) is 9.82. The minimum absolute atomic E-state index is 0.354. The number of nitrogens with zero attached hydrogens (tertiary/aromatic N) is 1. The Morgan fingerprint density at radius 2 is 1.69 bits per heavy atom. The van der Waals surface area contributed by atoms with Crippen LogP contribution < -0.4 is 9.64 Å². The third-order valence-corrected chi connectivity index (χ3v) is 4.74. The number of carbonyl (C=O) groups excluding carboxylic acids is 1. The number of rotatable bonds is 3. The number of hydrogen-bond donors (Lipinski definition) is 0. The fraction of sp³-hybridized carbons (Fsp3) is 0.240. The molecule has 148 valence electrons. The smallest absolute Gasteiger partial charge is 0.415 e. The lowest BCUT2D eigenvalue weighted by Gasteiger charge is -2.30. The molecule has 1 aliphatic heterocycles. The Labute approximate surface area is 171 Å². The molecule has 3 aromatic rings. The number of amides is 1. The highest BCUT2D eigenvalue weighted by molar-refractivity contribution is 6.04. The summed E-state index contributed by atoms with van der Waals surface area (Å²) in [5.41, 5.74) is 2.36. The van der Waals surface area contributed by atoms with Crippen LogP contribution in [0.25, 0.3) is 16.8 Å². The van der Waals surface area contributed by atoms with E-state index >= 15 is 0 Å². The van der Waals surface area contributed by atoms with Crippen molar-refractivity contribution >= 4 is 28.6 Å². The summed E-state index contributed by atoms with van der Waals surface area (Å²) in [5.74, 6) is 0.757. The standard InChI is InChI=1S/C25H25NO3/c1-25(2,3)29-24(27)26-15-9-14-20-19-12-7-8-13-21(19)23(16-22(20)26)28-17-18-10-5-4-6-11-18/h4-14,16H,15,17H2,1-3H3. The third-order valence-electron chi connectivity index (χ3n) is 4.74. The van der Waals surface area contributed by atoms with Gasteiger partial charge < -0.3 is 9.47 Å². The lowest BCUT2D eigenvalue weighted by Crippen LogP contribution is -2.38. The van der Waals surface area contributed by atoms with E-state index in [9.17, 15) is 4.79 Å². The molecule has 0 radical (unpaired) electrons. The molecule has 1 aliphatic rings. The molecule has 4 heteroatoms. The van der Waals surface area contributed by atoms with E-state index in [4.69, 9.17) is 9.47 Å². The number of fused-ring (bicyclic) bond motifs is 3. The minimum atomic E-state index is -0.554. The topological polar surface area (TPSA) is 38.8 Å². The zero-order valence-electron chi connectivity index (χ0n) is 17.0. The summed E-state index contributed by atoms with van der Waals surface area (Å²) in [6, 6.07) is 20.1. The summed E-state index contributed by atoms with van der Waals surface area (Å²) in [6.45, 7) is 6.56. The van der Waals surface area contributed by atoms with Crippen molar-refractivity contribution in [2.75, 3.05) is 11.4 Å². The SMILES string of the molecule is CC(C)(C)OC(=O)N1CC=Cc2c1cc(OCc1ccccc1)c1ccccc21. The van der Waals surface area contributed by atoms with Crippen LogP contribution in [0, 0.1) is 0 Å². The molecule has 0 spiro atoms. The van der Waals surface area contributed by atoms with Gasteiger partial charge in [-0.1, -0.05) is 66.7 Å². The largest absolute Gasteiger partial charge is 0.488 e. The monoisotopic (exact) mass is 387 g/mol. The summed E-state index contributed by atoms with van der Waals surface area (Å²) in [4.78, 5) is 14.5. The quantitative estimate of drug-likeness (QED) is 0.538. The molecule has 0 atom stereocenters. The summed E-state index contributed by atoms with van der Waals surface area (Å²) < 4.78 is 11.8. The van der Waals surface area contributed by atoms with E-state index in [1.165, 1.54) is 0 Å². The second-order valence-electron chi connectivity index (χ2n) is 8.12. The van der Waals surface area contributed by atoms with Crippen molar-refractivity contribution in [2.24, 2.45) is 0 Å². The fourth-order valence-corrected chi connectivity index (χ4v) is 3.47. The number of ether oxygens (including phenoxy) is 2. The van der Waals surface area contributed by atoms with Crippen molar-refractivity contribution in [1.29, 1.82) is 0 Å². The number of benzene rings is 3. The Kier molecular flexibility index (Phi) is 5.01. The first-order chi connectivity index (χ1) is 13.9. The molecule has 4 rings (SSSR count). The normalized spacial score (nSPS) is 13.3. The predicted molar refractivity (Wildman–Crippen MR) is 117 cm³/mol. The van der Waals surface area contributed by atoms with Crippen LogP contribution in [0.2, 0.25) is 0 Å². The highest BCUT2D eigenvalue weighted by atomic mass is 16.6. The maximum atomic E-state index is 12.8. The Bertz CT molecular complexity index is 1060. The molecule has 0 fully saturated rings. The van der Waals surface area contributed by atoms with Crippen LogP contribution in [-0.2, 0) is 11.3 Å². The van der Waals surface area contributed by atoms with Crippen LogP contribution in [0.3, 0.4) is 0 Å². The molecular weight excluding hydrogens is 362 g/mol. The second kappa shape index (κ2) is 7.63. The van der Waals surface area contributed by atoms with Gasteiger partial charge in [0.15, 0.2) is 0 Å². The van der Waals surface area contributed by atoms with Crippen LogP contribution in [0.1, 0.15) is 31.9 Å². The first kappa shape index (κ1) is 19.1. The molecule has 0 saturated carbocycles. The summed E-state index contributed by atoms with van der Waals surface area (Å²) >= 11 is 0. The lowest BCUT2D eigenvalue weighted by atomic mass is 9.98. The molecule has 0 N–H and O–H groups in total. The van der Waals surface area contributed by atoms with Gasteiger partial charge in [0.05, 0.1) is 5.69 Å². The van der Waals surface area contributed by atoms with E-state index in [0.717, 1.165) is 33.3 Å². The molecule has 0 aliphatic carbocycles. The van der Waals surface area contributed by atoms with Gasteiger partial charge in [-0.2, -0.15) is 0 Å². The molecule has 29 heavy (non-hydrogen) atoms. The van der Waals surface area contributed by atoms with Gasteiger partial charge in [-0.05, 0) is 31.7 Å². The Balaban J connectivity index is 1.75. The van der Waals surface area contributed by atoms with Gasteiger partial charge in [-0.25, -0.2) is 4.79 Å². The maximum Gasteiger partial charge on any atom is 0.415 e. The number of anilines is 1. The Morgan fingerprint density at radius 3 is 2.41 bits per heavy atom. The molecule has 3 aromatic carbocycles. The predicted octanol–water partition coefficient (Wildman–Crippen LogP) is 6.19. The van der Waals surface area contributed by atoms with Crippen molar-refractivity contribution in [1.82, 2.24) is 0 Å². The van der Waals surface area contributed by atoms with Gasteiger partial charge in [0.1, 0.15) is 18.0 Å². The van der Waals surface area contributed by atoms with Gasteiger partial charge in [-0.15, -0.1) is 0 Å². The number of carbonyl (C=O) groups is 1. The van der Waals surface area contributed by atoms with Crippen LogP contribution >= 0.6 is 0 Å². The van der Waals surface area contributed by atoms with Crippen molar-refractivity contribution in [2.45, 2.75) is 33.0 Å². The van der Waals surface area contributed by atoms with Crippen LogP contribution in [0.15, 0.2) is 66.7 Å². The van der Waals surface area contributed by atoms with Crippen molar-refractivity contribution in [3.63, 3.8) is 0 Å². The lowest BCUT2D eigenvalue weighted by molar-refractivity contribution is 0.0584. The van der Waals surface area contributed by atoms with Crippen LogP contribution in [0.5, 0.6) is 5.75 Å². The van der Waals surface area contributed by atoms with Crippen molar-refractivity contribution in [3.8, 4) is 5.75 Å². The second-order valence-corrected chi connectivity index (χ2v) is 8.12. The zero-order chi connectivity index (χ0) is 20.4. The molecular formula is C25H25NO3. The number of hydrogen-bond acceptors (Lipinski definition) is 3.